The van der Waals surface area contributed by atoms with E-state index >= 15 is 0 Å². The number of H-pyrrole nitrogens is 1. The summed E-state index contributed by atoms with van der Waals surface area (Å²) in [5.41, 5.74) is 4.73. The van der Waals surface area contributed by atoms with E-state index < -0.39 is 29.5 Å². The van der Waals surface area contributed by atoms with Gasteiger partial charge in [-0.05, 0) is 5.57 Å². The Hall–Kier alpha value is -1.70. The number of aliphatic hydroxyl groups excluding tert-OH is 2. The van der Waals surface area contributed by atoms with E-state index in [0.29, 0.717) is 5.57 Å². The molecule has 1 aromatic heterocycles. The van der Waals surface area contributed by atoms with E-state index in [-0.39, 0.29) is 6.54 Å². The van der Waals surface area contributed by atoms with E-state index in [4.69, 9.17) is 5.73 Å². The number of aromatic nitrogens is 2. The first-order valence-electron chi connectivity index (χ1n) is 5.13. The fourth-order valence-electron chi connectivity index (χ4n) is 1.92. The lowest BCUT2D eigenvalue weighted by Crippen LogP contribution is -2.37. The Morgan fingerprint density at radius 3 is 2.65 bits per heavy atom. The van der Waals surface area contributed by atoms with Gasteiger partial charge >= 0.3 is 5.69 Å². The van der Waals surface area contributed by atoms with Crippen LogP contribution in [-0.4, -0.2) is 38.5 Å². The summed E-state index contributed by atoms with van der Waals surface area (Å²) < 4.78 is 1.15. The molecular weight excluding hydrogens is 226 g/mol. The summed E-state index contributed by atoms with van der Waals surface area (Å²) in [6, 6.07) is 0.460. The van der Waals surface area contributed by atoms with Crippen molar-refractivity contribution in [2.75, 3.05) is 6.54 Å². The summed E-state index contributed by atoms with van der Waals surface area (Å²) in [6.45, 7) is 0.104. The summed E-state index contributed by atoms with van der Waals surface area (Å²) in [5.74, 6) is 0. The smallest absolute Gasteiger partial charge is 0.328 e. The van der Waals surface area contributed by atoms with Gasteiger partial charge in [-0.1, -0.05) is 6.08 Å². The van der Waals surface area contributed by atoms with Gasteiger partial charge in [-0.15, -0.1) is 0 Å². The summed E-state index contributed by atoms with van der Waals surface area (Å²) in [5, 5.41) is 19.4. The van der Waals surface area contributed by atoms with Crippen LogP contribution >= 0.6 is 0 Å². The molecule has 7 heteroatoms. The van der Waals surface area contributed by atoms with Crippen molar-refractivity contribution in [3.63, 3.8) is 0 Å². The second kappa shape index (κ2) is 4.28. The van der Waals surface area contributed by atoms with Crippen LogP contribution in [0.3, 0.4) is 0 Å². The predicted octanol–water partition coefficient (Wildman–Crippen LogP) is -2.30. The number of nitrogens with zero attached hydrogens (tertiary/aromatic N) is 1. The van der Waals surface area contributed by atoms with Gasteiger partial charge in [0, 0.05) is 18.8 Å². The van der Waals surface area contributed by atoms with Crippen molar-refractivity contribution >= 4 is 0 Å². The van der Waals surface area contributed by atoms with Crippen LogP contribution in [0.4, 0.5) is 0 Å². The third-order valence-corrected chi connectivity index (χ3v) is 2.85. The lowest BCUT2D eigenvalue weighted by molar-refractivity contribution is 0.0307. The van der Waals surface area contributed by atoms with E-state index in [9.17, 15) is 19.8 Å². The molecule has 1 aliphatic carbocycles. The van der Waals surface area contributed by atoms with Crippen molar-refractivity contribution in [3.8, 4) is 0 Å². The van der Waals surface area contributed by atoms with Crippen LogP contribution in [0.15, 0.2) is 33.5 Å². The Morgan fingerprint density at radius 1 is 1.41 bits per heavy atom. The molecule has 17 heavy (non-hydrogen) atoms. The maximum Gasteiger partial charge on any atom is 0.328 e. The molecule has 0 amide bonds. The molecule has 0 saturated carbocycles. The van der Waals surface area contributed by atoms with Crippen LogP contribution < -0.4 is 17.0 Å². The van der Waals surface area contributed by atoms with Gasteiger partial charge < -0.3 is 15.9 Å². The molecule has 7 nitrogen and oxygen atoms in total. The Balaban J connectivity index is 2.45. The second-order valence-corrected chi connectivity index (χ2v) is 3.89. The van der Waals surface area contributed by atoms with Gasteiger partial charge in [-0.3, -0.25) is 14.3 Å². The first kappa shape index (κ1) is 11.8. The highest BCUT2D eigenvalue weighted by molar-refractivity contribution is 5.23. The second-order valence-electron chi connectivity index (χ2n) is 3.89. The number of aromatic amines is 1. The third kappa shape index (κ3) is 1.95. The number of rotatable bonds is 2. The minimum absolute atomic E-state index is 0.104. The number of nitrogens with one attached hydrogen (secondary N) is 1. The van der Waals surface area contributed by atoms with E-state index in [1.165, 1.54) is 18.3 Å². The highest BCUT2D eigenvalue weighted by Crippen LogP contribution is 2.27. The zero-order valence-electron chi connectivity index (χ0n) is 8.91. The van der Waals surface area contributed by atoms with Crippen LogP contribution in [0.5, 0.6) is 0 Å². The molecule has 0 bridgehead atoms. The molecule has 3 atom stereocenters. The highest BCUT2D eigenvalue weighted by atomic mass is 16.3. The van der Waals surface area contributed by atoms with Crippen molar-refractivity contribution in [3.05, 3.63) is 44.8 Å². The largest absolute Gasteiger partial charge is 0.388 e. The van der Waals surface area contributed by atoms with Gasteiger partial charge in [-0.2, -0.15) is 0 Å². The minimum Gasteiger partial charge on any atom is -0.388 e. The predicted molar refractivity (Wildman–Crippen MR) is 59.5 cm³/mol. The summed E-state index contributed by atoms with van der Waals surface area (Å²) >= 11 is 0. The average molecular weight is 239 g/mol. The van der Waals surface area contributed by atoms with Crippen LogP contribution in [0.1, 0.15) is 6.04 Å². The van der Waals surface area contributed by atoms with Crippen LogP contribution in [0, 0.1) is 0 Å². The first-order valence-corrected chi connectivity index (χ1v) is 5.13. The van der Waals surface area contributed by atoms with Crippen molar-refractivity contribution in [1.29, 1.82) is 0 Å². The van der Waals surface area contributed by atoms with Crippen LogP contribution in [-0.2, 0) is 0 Å². The van der Waals surface area contributed by atoms with Crippen molar-refractivity contribution in [2.45, 2.75) is 18.2 Å². The van der Waals surface area contributed by atoms with Gasteiger partial charge in [0.05, 0.1) is 6.04 Å². The van der Waals surface area contributed by atoms with Gasteiger partial charge in [0.2, 0.25) is 0 Å². The standard InChI is InChI=1S/C10H13N3O4/c11-4-5-3-6(9(16)8(5)15)13-2-1-7(14)12-10(13)17/h1-3,6,8-9,15-16H,4,11H2,(H,12,14,17). The van der Waals surface area contributed by atoms with Gasteiger partial charge in [0.1, 0.15) is 12.2 Å². The van der Waals surface area contributed by atoms with Gasteiger partial charge in [-0.25, -0.2) is 4.79 Å². The van der Waals surface area contributed by atoms with Gasteiger partial charge in [0.25, 0.3) is 5.56 Å². The zero-order valence-corrected chi connectivity index (χ0v) is 8.91. The SMILES string of the molecule is NCC1=CC(n2ccc(=O)[nH]c2=O)C(O)C1O. The van der Waals surface area contributed by atoms with E-state index in [0.717, 1.165) is 4.57 Å². The lowest BCUT2D eigenvalue weighted by atomic mass is 10.1. The molecule has 0 saturated heterocycles. The Kier molecular flexibility index (Phi) is 2.97. The molecule has 0 radical (unpaired) electrons. The molecule has 5 N–H and O–H groups in total. The summed E-state index contributed by atoms with van der Waals surface area (Å²) in [6.07, 6.45) is 0.591. The Bertz CT molecular complexity index is 559. The molecule has 2 rings (SSSR count). The summed E-state index contributed by atoms with van der Waals surface area (Å²) in [4.78, 5) is 24.5. The van der Waals surface area contributed by atoms with E-state index in [1.807, 2.05) is 0 Å². The monoisotopic (exact) mass is 239 g/mol. The van der Waals surface area contributed by atoms with Crippen molar-refractivity contribution in [2.24, 2.45) is 5.73 Å². The quantitative estimate of drug-likeness (QED) is 0.432. The van der Waals surface area contributed by atoms with Crippen LogP contribution in [0.2, 0.25) is 0 Å². The normalized spacial score (nSPS) is 28.2. The van der Waals surface area contributed by atoms with Gasteiger partial charge in [0.15, 0.2) is 0 Å². The molecule has 1 aromatic rings. The molecule has 1 aliphatic rings. The molecule has 0 spiro atoms. The average Bonchev–Trinajstić information content (AvgIpc) is 2.57. The minimum atomic E-state index is -1.14. The lowest BCUT2D eigenvalue weighted by Gasteiger charge is -2.18. The molecule has 92 valence electrons. The fourth-order valence-corrected chi connectivity index (χ4v) is 1.92. The number of hydrogen-bond acceptors (Lipinski definition) is 5. The number of hydrogen-bond donors (Lipinski definition) is 4. The Morgan fingerprint density at radius 2 is 2.12 bits per heavy atom. The first-order chi connectivity index (χ1) is 8.04. The maximum atomic E-state index is 11.5. The maximum absolute atomic E-state index is 11.5. The molecular formula is C10H13N3O4. The molecule has 0 fully saturated rings. The highest BCUT2D eigenvalue weighted by Gasteiger charge is 2.35. The van der Waals surface area contributed by atoms with Crippen molar-refractivity contribution in [1.82, 2.24) is 9.55 Å². The number of aliphatic hydroxyl groups is 2. The molecule has 0 aliphatic heterocycles. The topological polar surface area (TPSA) is 121 Å². The summed E-state index contributed by atoms with van der Waals surface area (Å²) in [7, 11) is 0. The zero-order chi connectivity index (χ0) is 12.6. The van der Waals surface area contributed by atoms with Crippen molar-refractivity contribution < 1.29 is 10.2 Å². The fraction of sp³-hybridized carbons (Fsp3) is 0.400. The third-order valence-electron chi connectivity index (χ3n) is 2.85. The molecule has 1 heterocycles. The number of nitrogens with two attached hydrogens (primary N) is 1. The Labute approximate surface area is 95.8 Å². The van der Waals surface area contributed by atoms with E-state index in [1.54, 1.807) is 0 Å². The van der Waals surface area contributed by atoms with E-state index in [2.05, 4.69) is 4.98 Å². The molecule has 3 unspecified atom stereocenters. The van der Waals surface area contributed by atoms with Crippen LogP contribution in [0.25, 0.3) is 0 Å². The molecule has 0 aromatic carbocycles.